The molecule has 0 aliphatic heterocycles. The van der Waals surface area contributed by atoms with Crippen molar-refractivity contribution in [2.24, 2.45) is 5.92 Å². The maximum atomic E-state index is 12.1. The number of aromatic nitrogens is 1. The second-order valence-electron chi connectivity index (χ2n) is 7.39. The van der Waals surface area contributed by atoms with Crippen molar-refractivity contribution in [3.63, 3.8) is 0 Å². The summed E-state index contributed by atoms with van der Waals surface area (Å²) in [5, 5.41) is 4.83. The third kappa shape index (κ3) is 7.94. The zero-order valence-electron chi connectivity index (χ0n) is 16.8. The van der Waals surface area contributed by atoms with Crippen LogP contribution in [-0.2, 0) is 19.0 Å². The molecule has 27 heavy (non-hydrogen) atoms. The van der Waals surface area contributed by atoms with E-state index in [2.05, 4.69) is 15.0 Å². The Morgan fingerprint density at radius 3 is 2.37 bits per heavy atom. The van der Waals surface area contributed by atoms with Gasteiger partial charge < -0.3 is 19.5 Å². The van der Waals surface area contributed by atoms with Crippen molar-refractivity contribution >= 4 is 29.4 Å². The molecule has 1 amide bonds. The molecule has 8 nitrogen and oxygen atoms in total. The van der Waals surface area contributed by atoms with Crippen molar-refractivity contribution in [2.45, 2.75) is 65.7 Å². The Bertz CT molecular complexity index is 665. The summed E-state index contributed by atoms with van der Waals surface area (Å²) in [5.74, 6) is -0.989. The first-order chi connectivity index (χ1) is 12.4. The standard InChI is InChI=1S/C18H28N2O6S/c1-10(2)12(20-17(23)26-18(4,5)6)8-14(25-11(3)21)15-19-13(9-27-15)16(22)24-7/h9-10,12,14H,8H2,1-7H3,(H,20,23)/t12?,14-/m1/s1. The highest BCUT2D eigenvalue weighted by Crippen LogP contribution is 2.28. The van der Waals surface area contributed by atoms with Crippen molar-refractivity contribution in [3.05, 3.63) is 16.1 Å². The number of amides is 1. The lowest BCUT2D eigenvalue weighted by atomic mass is 9.98. The number of nitrogens with zero attached hydrogens (tertiary/aromatic N) is 1. The fraction of sp³-hybridized carbons (Fsp3) is 0.667. The van der Waals surface area contributed by atoms with Crippen LogP contribution in [0.5, 0.6) is 0 Å². The molecule has 1 aromatic heterocycles. The lowest BCUT2D eigenvalue weighted by Gasteiger charge is -2.28. The Morgan fingerprint density at radius 1 is 1.26 bits per heavy atom. The first kappa shape index (κ1) is 22.9. The van der Waals surface area contributed by atoms with Crippen LogP contribution in [-0.4, -0.2) is 41.8 Å². The molecule has 0 fully saturated rings. The van der Waals surface area contributed by atoms with Gasteiger partial charge in [0.05, 0.1) is 7.11 Å². The molecule has 1 unspecified atom stereocenters. The summed E-state index contributed by atoms with van der Waals surface area (Å²) < 4.78 is 15.3. The molecule has 9 heteroatoms. The number of methoxy groups -OCH3 is 1. The third-order valence-corrected chi connectivity index (χ3v) is 4.41. The molecule has 0 bridgehead atoms. The first-order valence-electron chi connectivity index (χ1n) is 8.63. The Balaban J connectivity index is 2.97. The van der Waals surface area contributed by atoms with E-state index in [1.54, 1.807) is 26.2 Å². The smallest absolute Gasteiger partial charge is 0.407 e. The predicted molar refractivity (Wildman–Crippen MR) is 101 cm³/mol. The number of hydrogen-bond acceptors (Lipinski definition) is 8. The average Bonchev–Trinajstić information content (AvgIpc) is 3.00. The summed E-state index contributed by atoms with van der Waals surface area (Å²) in [5.41, 5.74) is -0.470. The molecule has 0 aliphatic carbocycles. The highest BCUT2D eigenvalue weighted by molar-refractivity contribution is 7.09. The van der Waals surface area contributed by atoms with Gasteiger partial charge in [0, 0.05) is 24.8 Å². The average molecular weight is 400 g/mol. The van der Waals surface area contributed by atoms with E-state index in [4.69, 9.17) is 9.47 Å². The number of hydrogen-bond donors (Lipinski definition) is 1. The summed E-state index contributed by atoms with van der Waals surface area (Å²) in [6, 6.07) is -0.324. The van der Waals surface area contributed by atoms with Gasteiger partial charge in [-0.25, -0.2) is 14.6 Å². The van der Waals surface area contributed by atoms with Crippen LogP contribution in [0.4, 0.5) is 4.79 Å². The molecule has 0 aromatic carbocycles. The molecule has 2 atom stereocenters. The molecule has 1 heterocycles. The molecule has 0 saturated heterocycles. The Hall–Kier alpha value is -2.16. The number of esters is 2. The third-order valence-electron chi connectivity index (χ3n) is 3.48. The second kappa shape index (κ2) is 9.68. The van der Waals surface area contributed by atoms with Gasteiger partial charge in [0.15, 0.2) is 11.8 Å². The van der Waals surface area contributed by atoms with Crippen LogP contribution in [0.3, 0.4) is 0 Å². The van der Waals surface area contributed by atoms with E-state index in [1.165, 1.54) is 25.4 Å². The van der Waals surface area contributed by atoms with E-state index in [9.17, 15) is 14.4 Å². The SMILES string of the molecule is COC(=O)c1csc([C@@H](CC(NC(=O)OC(C)(C)C)C(C)C)OC(C)=O)n1. The van der Waals surface area contributed by atoms with Gasteiger partial charge in [-0.15, -0.1) is 11.3 Å². The van der Waals surface area contributed by atoms with E-state index in [0.717, 1.165) is 0 Å². The molecule has 0 radical (unpaired) electrons. The lowest BCUT2D eigenvalue weighted by Crippen LogP contribution is -2.42. The Morgan fingerprint density at radius 2 is 1.89 bits per heavy atom. The molecule has 0 saturated carbocycles. The summed E-state index contributed by atoms with van der Waals surface area (Å²) in [6.07, 6.45) is -0.949. The highest BCUT2D eigenvalue weighted by Gasteiger charge is 2.29. The van der Waals surface area contributed by atoms with Gasteiger partial charge in [-0.1, -0.05) is 13.8 Å². The maximum Gasteiger partial charge on any atom is 0.407 e. The molecule has 152 valence electrons. The Labute approximate surface area is 163 Å². The van der Waals surface area contributed by atoms with Gasteiger partial charge in [-0.2, -0.15) is 0 Å². The second-order valence-corrected chi connectivity index (χ2v) is 8.28. The van der Waals surface area contributed by atoms with Gasteiger partial charge in [0.2, 0.25) is 0 Å². The highest BCUT2D eigenvalue weighted by atomic mass is 32.1. The number of rotatable bonds is 7. The normalized spacial score (nSPS) is 13.6. The minimum atomic E-state index is -0.701. The minimum absolute atomic E-state index is 0.0515. The van der Waals surface area contributed by atoms with Crippen LogP contribution >= 0.6 is 11.3 Å². The fourth-order valence-corrected chi connectivity index (χ4v) is 3.05. The van der Waals surface area contributed by atoms with Crippen molar-refractivity contribution in [3.8, 4) is 0 Å². The number of carbonyl (C=O) groups excluding carboxylic acids is 3. The number of nitrogens with one attached hydrogen (secondary N) is 1. The number of thiazole rings is 1. The first-order valence-corrected chi connectivity index (χ1v) is 9.51. The van der Waals surface area contributed by atoms with Gasteiger partial charge in [-0.3, -0.25) is 4.79 Å². The molecule has 1 rings (SSSR count). The van der Waals surface area contributed by atoms with E-state index in [0.29, 0.717) is 11.4 Å². The molecular weight excluding hydrogens is 372 g/mol. The summed E-state index contributed by atoms with van der Waals surface area (Å²) >= 11 is 1.19. The number of ether oxygens (including phenoxy) is 3. The molecular formula is C18H28N2O6S. The van der Waals surface area contributed by atoms with E-state index >= 15 is 0 Å². The van der Waals surface area contributed by atoms with Crippen LogP contribution in [0.2, 0.25) is 0 Å². The monoisotopic (exact) mass is 400 g/mol. The van der Waals surface area contributed by atoms with Crippen molar-refractivity contribution in [1.82, 2.24) is 10.3 Å². The topological polar surface area (TPSA) is 104 Å². The van der Waals surface area contributed by atoms with E-state index < -0.39 is 29.7 Å². The molecule has 0 spiro atoms. The van der Waals surface area contributed by atoms with Crippen molar-refractivity contribution in [1.29, 1.82) is 0 Å². The van der Waals surface area contributed by atoms with Crippen LogP contribution in [0.25, 0.3) is 0 Å². The van der Waals surface area contributed by atoms with Crippen LogP contribution in [0, 0.1) is 5.92 Å². The molecule has 1 aromatic rings. The minimum Gasteiger partial charge on any atom is -0.464 e. The summed E-state index contributed by atoms with van der Waals surface area (Å²) in [4.78, 5) is 39.5. The number of carbonyl (C=O) groups is 3. The number of alkyl carbamates (subject to hydrolysis) is 1. The van der Waals surface area contributed by atoms with Gasteiger partial charge >= 0.3 is 18.0 Å². The zero-order valence-corrected chi connectivity index (χ0v) is 17.6. The van der Waals surface area contributed by atoms with E-state index in [-0.39, 0.29) is 17.7 Å². The largest absolute Gasteiger partial charge is 0.464 e. The van der Waals surface area contributed by atoms with Crippen LogP contribution < -0.4 is 5.32 Å². The maximum absolute atomic E-state index is 12.1. The van der Waals surface area contributed by atoms with Gasteiger partial charge in [-0.05, 0) is 26.7 Å². The predicted octanol–water partition coefficient (Wildman–Crippen LogP) is 3.47. The van der Waals surface area contributed by atoms with E-state index in [1.807, 2.05) is 13.8 Å². The van der Waals surface area contributed by atoms with Crippen molar-refractivity contribution < 1.29 is 28.6 Å². The molecule has 1 N–H and O–H groups in total. The van der Waals surface area contributed by atoms with Crippen LogP contribution in [0.1, 0.15) is 69.6 Å². The summed E-state index contributed by atoms with van der Waals surface area (Å²) in [6.45, 7) is 10.5. The van der Waals surface area contributed by atoms with Crippen LogP contribution in [0.15, 0.2) is 5.38 Å². The fourth-order valence-electron chi connectivity index (χ4n) is 2.22. The van der Waals surface area contributed by atoms with Crippen molar-refractivity contribution in [2.75, 3.05) is 7.11 Å². The van der Waals surface area contributed by atoms with Gasteiger partial charge in [0.25, 0.3) is 0 Å². The lowest BCUT2D eigenvalue weighted by molar-refractivity contribution is -0.147. The Kier molecular flexibility index (Phi) is 8.20. The quantitative estimate of drug-likeness (QED) is 0.552. The van der Waals surface area contributed by atoms with Gasteiger partial charge in [0.1, 0.15) is 10.6 Å². The summed E-state index contributed by atoms with van der Waals surface area (Å²) in [7, 11) is 1.27. The zero-order chi connectivity index (χ0) is 20.8. The molecule has 0 aliphatic rings.